The Kier molecular flexibility index (Phi) is 11.0. The molecule has 0 fully saturated rings. The molecule has 1 unspecified atom stereocenters. The fourth-order valence-electron chi connectivity index (χ4n) is 4.23. The number of carbonyl (C=O) groups is 1. The van der Waals surface area contributed by atoms with Crippen LogP contribution in [0.2, 0.25) is 10.0 Å². The first-order valence-electron chi connectivity index (χ1n) is 12.6. The van der Waals surface area contributed by atoms with Gasteiger partial charge in [0.15, 0.2) is 0 Å². The summed E-state index contributed by atoms with van der Waals surface area (Å²) in [5.41, 5.74) is 8.20. The number of carbonyl (C=O) groups excluding carboxylic acids is 1. The lowest BCUT2D eigenvalue weighted by Gasteiger charge is -2.32. The van der Waals surface area contributed by atoms with Gasteiger partial charge in [0.05, 0.1) is 14.7 Å². The van der Waals surface area contributed by atoms with Crippen LogP contribution >= 0.6 is 34.5 Å². The Bertz CT molecular complexity index is 1290. The highest BCUT2D eigenvalue weighted by Gasteiger charge is 2.25. The number of nitrogens with zero attached hydrogens (tertiary/aromatic N) is 1. The zero-order chi connectivity index (χ0) is 27.9. The Morgan fingerprint density at radius 1 is 1.18 bits per heavy atom. The minimum absolute atomic E-state index is 0.0418. The lowest BCUT2D eigenvalue weighted by Crippen LogP contribution is -2.45. The van der Waals surface area contributed by atoms with E-state index < -0.39 is 5.41 Å². The lowest BCUT2D eigenvalue weighted by molar-refractivity contribution is -0.133. The molecule has 1 aromatic heterocycles. The molecule has 3 aromatic rings. The zero-order valence-corrected chi connectivity index (χ0v) is 24.1. The van der Waals surface area contributed by atoms with Crippen molar-refractivity contribution in [1.82, 2.24) is 15.2 Å². The van der Waals surface area contributed by atoms with Crippen LogP contribution in [-0.2, 0) is 17.6 Å². The number of aromatic hydroxyl groups is 1. The van der Waals surface area contributed by atoms with Crippen LogP contribution in [0.25, 0.3) is 10.2 Å². The molecule has 1 amide bonds. The standard InChI is InChI=1S/C27H36Cl2N4O4S/c1-27(2,16-34)15-33(22(36)14-19(30)8-6-17-4-3-5-20(28)23(17)29)13-12-31-11-10-18-7-9-21(35)24-25(18)38-26(37)32-24/h3-5,7,9,19,31,34-35H,6,8,10-16,30H2,1-2H3,(H,32,37). The third-order valence-corrected chi connectivity index (χ3v) is 8.24. The molecule has 0 aliphatic carbocycles. The number of aliphatic hydroxyl groups is 1. The van der Waals surface area contributed by atoms with Crippen LogP contribution < -0.4 is 15.9 Å². The monoisotopic (exact) mass is 582 g/mol. The topological polar surface area (TPSA) is 132 Å². The number of halogens is 2. The molecule has 0 aliphatic heterocycles. The van der Waals surface area contributed by atoms with Crippen molar-refractivity contribution in [1.29, 1.82) is 0 Å². The predicted octanol–water partition coefficient (Wildman–Crippen LogP) is 3.93. The molecule has 0 radical (unpaired) electrons. The van der Waals surface area contributed by atoms with Gasteiger partial charge in [-0.15, -0.1) is 0 Å². The Morgan fingerprint density at radius 3 is 2.68 bits per heavy atom. The van der Waals surface area contributed by atoms with Crippen molar-refractivity contribution in [3.05, 3.63) is 61.2 Å². The van der Waals surface area contributed by atoms with Crippen molar-refractivity contribution in [2.24, 2.45) is 11.1 Å². The van der Waals surface area contributed by atoms with E-state index in [-0.39, 0.29) is 35.6 Å². The van der Waals surface area contributed by atoms with Gasteiger partial charge in [-0.3, -0.25) is 9.59 Å². The normalized spacial score (nSPS) is 12.7. The van der Waals surface area contributed by atoms with Gasteiger partial charge in [0.1, 0.15) is 11.3 Å². The number of aryl methyl sites for hydroxylation is 1. The molecule has 1 atom stereocenters. The van der Waals surface area contributed by atoms with Crippen LogP contribution in [0, 0.1) is 5.41 Å². The van der Waals surface area contributed by atoms with E-state index in [2.05, 4.69) is 10.3 Å². The molecule has 3 rings (SSSR count). The summed E-state index contributed by atoms with van der Waals surface area (Å²) in [5.74, 6) is -0.0000552. The molecule has 0 saturated heterocycles. The van der Waals surface area contributed by atoms with E-state index in [9.17, 15) is 19.8 Å². The maximum absolute atomic E-state index is 13.2. The van der Waals surface area contributed by atoms with Crippen molar-refractivity contribution >= 4 is 50.7 Å². The smallest absolute Gasteiger partial charge is 0.305 e. The number of nitrogens with two attached hydrogens (primary N) is 1. The number of hydrogen-bond acceptors (Lipinski definition) is 7. The highest BCUT2D eigenvalue weighted by molar-refractivity contribution is 7.16. The first-order chi connectivity index (χ1) is 18.0. The Labute approximate surface area is 236 Å². The minimum Gasteiger partial charge on any atom is -0.506 e. The number of aromatic nitrogens is 1. The van der Waals surface area contributed by atoms with Crippen molar-refractivity contribution < 1.29 is 15.0 Å². The number of aliphatic hydroxyl groups excluding tert-OH is 1. The number of aromatic amines is 1. The molecule has 2 aromatic carbocycles. The van der Waals surface area contributed by atoms with Crippen molar-refractivity contribution in [2.75, 3.05) is 32.8 Å². The van der Waals surface area contributed by atoms with E-state index in [0.29, 0.717) is 61.0 Å². The van der Waals surface area contributed by atoms with Crippen molar-refractivity contribution in [3.63, 3.8) is 0 Å². The molecule has 0 bridgehead atoms. The summed E-state index contributed by atoms with van der Waals surface area (Å²) in [7, 11) is 0. The highest BCUT2D eigenvalue weighted by Crippen LogP contribution is 2.28. The molecule has 6 N–H and O–H groups in total. The van der Waals surface area contributed by atoms with E-state index in [1.165, 1.54) is 0 Å². The molecule has 0 aliphatic rings. The van der Waals surface area contributed by atoms with E-state index >= 15 is 0 Å². The first kappa shape index (κ1) is 30.4. The third kappa shape index (κ3) is 8.43. The van der Waals surface area contributed by atoms with Gasteiger partial charge in [-0.1, -0.05) is 66.6 Å². The van der Waals surface area contributed by atoms with Gasteiger partial charge in [0, 0.05) is 44.1 Å². The highest BCUT2D eigenvalue weighted by atomic mass is 35.5. The first-order valence-corrected chi connectivity index (χ1v) is 14.2. The quantitative estimate of drug-likeness (QED) is 0.183. The van der Waals surface area contributed by atoms with Gasteiger partial charge >= 0.3 is 4.87 Å². The van der Waals surface area contributed by atoms with Gasteiger partial charge < -0.3 is 31.1 Å². The van der Waals surface area contributed by atoms with Gasteiger partial charge in [-0.25, -0.2) is 0 Å². The minimum atomic E-state index is -0.447. The number of amides is 1. The van der Waals surface area contributed by atoms with Crippen LogP contribution in [0.1, 0.15) is 37.8 Å². The summed E-state index contributed by atoms with van der Waals surface area (Å²) in [4.78, 5) is 29.1. The fraction of sp³-hybridized carbons (Fsp3) is 0.481. The third-order valence-electron chi connectivity index (χ3n) is 6.42. The van der Waals surface area contributed by atoms with Crippen LogP contribution in [-0.4, -0.2) is 64.8 Å². The number of phenolic OH excluding ortho intramolecular Hbond substituents is 1. The second-order valence-electron chi connectivity index (χ2n) is 10.3. The van der Waals surface area contributed by atoms with Gasteiger partial charge in [0.25, 0.3) is 0 Å². The summed E-state index contributed by atoms with van der Waals surface area (Å²) in [6.07, 6.45) is 2.07. The van der Waals surface area contributed by atoms with Crippen molar-refractivity contribution in [2.45, 2.75) is 45.6 Å². The largest absolute Gasteiger partial charge is 0.506 e. The maximum atomic E-state index is 13.2. The summed E-state index contributed by atoms with van der Waals surface area (Å²) >= 11 is 13.5. The number of phenols is 1. The maximum Gasteiger partial charge on any atom is 0.305 e. The molecule has 208 valence electrons. The lowest BCUT2D eigenvalue weighted by atomic mass is 9.93. The Balaban J connectivity index is 1.52. The molecule has 1 heterocycles. The summed E-state index contributed by atoms with van der Waals surface area (Å²) in [5, 5.41) is 24.1. The second kappa shape index (κ2) is 13.8. The number of nitrogens with one attached hydrogen (secondary N) is 2. The van der Waals surface area contributed by atoms with Gasteiger partial charge in [-0.2, -0.15) is 0 Å². The van der Waals surface area contributed by atoms with Gasteiger partial charge in [0.2, 0.25) is 5.91 Å². The van der Waals surface area contributed by atoms with Crippen molar-refractivity contribution in [3.8, 4) is 5.75 Å². The molecular weight excluding hydrogens is 547 g/mol. The number of rotatable bonds is 14. The number of benzene rings is 2. The number of hydrogen-bond donors (Lipinski definition) is 5. The van der Waals surface area contributed by atoms with Crippen LogP contribution in [0.4, 0.5) is 0 Å². The molecular formula is C27H36Cl2N4O4S. The zero-order valence-electron chi connectivity index (χ0n) is 21.7. The number of fused-ring (bicyclic) bond motifs is 1. The Morgan fingerprint density at radius 2 is 1.95 bits per heavy atom. The van der Waals surface area contributed by atoms with Crippen LogP contribution in [0.5, 0.6) is 5.75 Å². The number of thiazole rings is 1. The fourth-order valence-corrected chi connectivity index (χ4v) is 5.54. The molecule has 11 heteroatoms. The summed E-state index contributed by atoms with van der Waals surface area (Å²) < 4.78 is 0.756. The van der Waals surface area contributed by atoms with E-state index in [4.69, 9.17) is 28.9 Å². The average molecular weight is 584 g/mol. The second-order valence-corrected chi connectivity index (χ2v) is 12.1. The molecule has 8 nitrogen and oxygen atoms in total. The van der Waals surface area contributed by atoms with Crippen LogP contribution in [0.3, 0.4) is 0 Å². The SMILES string of the molecule is CC(C)(CO)CN(CCNCCc1ccc(O)c2[nH]c(=O)sc12)C(=O)CC(N)CCc1cccc(Cl)c1Cl. The molecule has 38 heavy (non-hydrogen) atoms. The van der Waals surface area contributed by atoms with E-state index in [0.717, 1.165) is 27.2 Å². The van der Waals surface area contributed by atoms with Crippen LogP contribution in [0.15, 0.2) is 35.1 Å². The number of H-pyrrole nitrogens is 1. The predicted molar refractivity (Wildman–Crippen MR) is 156 cm³/mol. The molecule has 0 saturated carbocycles. The van der Waals surface area contributed by atoms with E-state index in [1.807, 2.05) is 32.0 Å². The average Bonchev–Trinajstić information content (AvgIpc) is 3.27. The molecule has 0 spiro atoms. The summed E-state index contributed by atoms with van der Waals surface area (Å²) in [6.45, 7) is 5.87. The Hall–Kier alpha value is -2.14. The van der Waals surface area contributed by atoms with E-state index in [1.54, 1.807) is 17.0 Å². The van der Waals surface area contributed by atoms with Gasteiger partial charge in [-0.05, 0) is 49.1 Å². The summed E-state index contributed by atoms with van der Waals surface area (Å²) in [6, 6.07) is 8.55.